The summed E-state index contributed by atoms with van der Waals surface area (Å²) in [5.74, 6) is 0. The second-order valence-corrected chi connectivity index (χ2v) is 0. The predicted molar refractivity (Wildman–Crippen MR) is 5.75 cm³/mol. The van der Waals surface area contributed by atoms with Crippen molar-refractivity contribution in [3.8, 4) is 0 Å². The standard InChI is InChI=1S/Cu.Sn.2Zn. The first-order valence-electron chi connectivity index (χ1n) is 0. The first kappa shape index (κ1) is 30.9. The largest absolute Gasteiger partial charge is 0 e. The Hall–Kier alpha value is 2.56. The molecule has 19 valence electrons. The average molecular weight is 313 g/mol. The molecule has 0 heterocycles. The van der Waals surface area contributed by atoms with Crippen LogP contribution in [0.1, 0.15) is 0 Å². The van der Waals surface area contributed by atoms with Crippen molar-refractivity contribution in [1.82, 2.24) is 0 Å². The molecule has 0 amide bonds. The Morgan fingerprint density at radius 3 is 0.750 bits per heavy atom. The summed E-state index contributed by atoms with van der Waals surface area (Å²) in [7, 11) is 0. The molecular weight excluding hydrogens is 313 g/mol. The maximum atomic E-state index is 0. The van der Waals surface area contributed by atoms with E-state index in [0.29, 0.717) is 0 Å². The van der Waals surface area contributed by atoms with Crippen LogP contribution in [0.3, 0.4) is 0 Å². The molecule has 4 heteroatoms. The van der Waals surface area contributed by atoms with Gasteiger partial charge in [0.1, 0.15) is 0 Å². The van der Waals surface area contributed by atoms with Gasteiger partial charge in [0.2, 0.25) is 0 Å². The minimum absolute atomic E-state index is 0. The van der Waals surface area contributed by atoms with Crippen molar-refractivity contribution in [1.29, 1.82) is 0 Å². The van der Waals surface area contributed by atoms with Crippen LogP contribution in [0.4, 0.5) is 0 Å². The van der Waals surface area contributed by atoms with Crippen molar-refractivity contribution in [2.24, 2.45) is 0 Å². The Morgan fingerprint density at radius 2 is 0.750 bits per heavy atom. The van der Waals surface area contributed by atoms with E-state index in [4.69, 9.17) is 0 Å². The molecule has 0 spiro atoms. The molecule has 0 rings (SSSR count). The first-order valence-corrected chi connectivity index (χ1v) is 0. The number of rotatable bonds is 0. The molecule has 0 aliphatic heterocycles. The fourth-order valence-corrected chi connectivity index (χ4v) is 0. The fourth-order valence-electron chi connectivity index (χ4n) is 0. The van der Waals surface area contributed by atoms with Crippen molar-refractivity contribution >= 4 is 23.9 Å². The smallest absolute Gasteiger partial charge is 0 e. The molecular formula is CuSnZn2. The second-order valence-electron chi connectivity index (χ2n) is 0. The van der Waals surface area contributed by atoms with E-state index in [1.54, 1.807) is 0 Å². The van der Waals surface area contributed by atoms with E-state index in [-0.39, 0.29) is 79.9 Å². The Bertz CT molecular complexity index is 6.00. The molecule has 0 aromatic heterocycles. The molecule has 0 saturated carbocycles. The Labute approximate surface area is 78.8 Å². The van der Waals surface area contributed by atoms with Gasteiger partial charge in [-0.05, 0) is 0 Å². The van der Waals surface area contributed by atoms with Crippen molar-refractivity contribution in [3.05, 3.63) is 0 Å². The monoisotopic (exact) mass is 311 g/mol. The first-order chi connectivity index (χ1) is 0. The summed E-state index contributed by atoms with van der Waals surface area (Å²) in [6.45, 7) is 0. The predicted octanol–water partition coefficient (Wildman–Crippen LogP) is -0.388. The maximum Gasteiger partial charge on any atom is 0 e. The second kappa shape index (κ2) is 17.6. The van der Waals surface area contributed by atoms with Crippen LogP contribution >= 0.6 is 0 Å². The normalized spacial score (nSPS) is 0. The van der Waals surface area contributed by atoms with Crippen molar-refractivity contribution in [2.75, 3.05) is 0 Å². The van der Waals surface area contributed by atoms with Crippen LogP contribution in [0.5, 0.6) is 0 Å². The van der Waals surface area contributed by atoms with E-state index >= 15 is 0 Å². The summed E-state index contributed by atoms with van der Waals surface area (Å²) in [4.78, 5) is 0. The van der Waals surface area contributed by atoms with E-state index in [2.05, 4.69) is 0 Å². The summed E-state index contributed by atoms with van der Waals surface area (Å²) < 4.78 is 0. The Balaban J connectivity index is 0. The summed E-state index contributed by atoms with van der Waals surface area (Å²) in [6, 6.07) is 0. The van der Waals surface area contributed by atoms with Gasteiger partial charge in [0.15, 0.2) is 0 Å². The molecule has 0 nitrogen and oxygen atoms in total. The van der Waals surface area contributed by atoms with E-state index in [0.717, 1.165) is 0 Å². The Kier molecular flexibility index (Phi) is 136. The van der Waals surface area contributed by atoms with Crippen LogP contribution in [-0.4, -0.2) is 23.9 Å². The van der Waals surface area contributed by atoms with Crippen LogP contribution in [0.15, 0.2) is 0 Å². The molecule has 0 bridgehead atoms. The van der Waals surface area contributed by atoms with Gasteiger partial charge in [-0.15, -0.1) is 0 Å². The van der Waals surface area contributed by atoms with Gasteiger partial charge in [0.05, 0.1) is 0 Å². The van der Waals surface area contributed by atoms with Crippen molar-refractivity contribution in [2.45, 2.75) is 0 Å². The van der Waals surface area contributed by atoms with Crippen molar-refractivity contribution in [3.63, 3.8) is 0 Å². The molecule has 5 radical (unpaired) electrons. The zero-order valence-electron chi connectivity index (χ0n) is 2.22. The Morgan fingerprint density at radius 1 is 0.750 bits per heavy atom. The summed E-state index contributed by atoms with van der Waals surface area (Å²) in [5.41, 5.74) is 0. The maximum absolute atomic E-state index is 0. The van der Waals surface area contributed by atoms with Crippen molar-refractivity contribution < 1.29 is 56.0 Å². The summed E-state index contributed by atoms with van der Waals surface area (Å²) in [6.07, 6.45) is 0. The quantitative estimate of drug-likeness (QED) is 0.535. The number of hydrogen-bond acceptors (Lipinski definition) is 0. The van der Waals surface area contributed by atoms with Gasteiger partial charge < -0.3 is 0 Å². The van der Waals surface area contributed by atoms with Crippen LogP contribution in [0.25, 0.3) is 0 Å². The van der Waals surface area contributed by atoms with Crippen LogP contribution < -0.4 is 0 Å². The zero-order valence-corrected chi connectivity index (χ0v) is 11.9. The SMILES string of the molecule is [Cu].[Sn].[Zn].[Zn]. The molecule has 0 atom stereocenters. The average Bonchev–Trinajstić information content (AvgIpc) is 0. The van der Waals surface area contributed by atoms with Crippen LogP contribution in [0.2, 0.25) is 0 Å². The fraction of sp³-hybridized carbons (Fsp3) is 0. The minimum atomic E-state index is 0. The third-order valence-corrected chi connectivity index (χ3v) is 0. The molecule has 0 aromatic carbocycles. The van der Waals surface area contributed by atoms with Gasteiger partial charge >= 0.3 is 0 Å². The van der Waals surface area contributed by atoms with Gasteiger partial charge in [-0.1, -0.05) is 0 Å². The molecule has 0 fully saturated rings. The molecule has 0 aliphatic rings. The molecule has 0 saturated heterocycles. The molecule has 0 aromatic rings. The summed E-state index contributed by atoms with van der Waals surface area (Å²) >= 11 is 0. The molecule has 0 aliphatic carbocycles. The third-order valence-electron chi connectivity index (χ3n) is 0. The van der Waals surface area contributed by atoms with E-state index in [1.165, 1.54) is 0 Å². The van der Waals surface area contributed by atoms with Gasteiger partial charge in [-0.3, -0.25) is 0 Å². The van der Waals surface area contributed by atoms with E-state index < -0.39 is 0 Å². The molecule has 0 N–H and O–H groups in total. The third kappa shape index (κ3) is 8.82. The molecule has 0 unspecified atom stereocenters. The number of hydrogen-bond donors (Lipinski definition) is 0. The van der Waals surface area contributed by atoms with Gasteiger partial charge in [0, 0.05) is 79.9 Å². The minimum Gasteiger partial charge on any atom is 0 e. The van der Waals surface area contributed by atoms with Gasteiger partial charge in [0.25, 0.3) is 0 Å². The van der Waals surface area contributed by atoms with E-state index in [9.17, 15) is 0 Å². The van der Waals surface area contributed by atoms with Gasteiger partial charge in [-0.25, -0.2) is 0 Å². The van der Waals surface area contributed by atoms with E-state index in [1.807, 2.05) is 0 Å². The summed E-state index contributed by atoms with van der Waals surface area (Å²) in [5, 5.41) is 0. The van der Waals surface area contributed by atoms with Crippen LogP contribution in [0, 0.1) is 0 Å². The molecule has 4 heavy (non-hydrogen) atoms. The van der Waals surface area contributed by atoms with Gasteiger partial charge in [-0.2, -0.15) is 0 Å². The zero-order chi connectivity index (χ0) is 0. The topological polar surface area (TPSA) is 0 Å². The van der Waals surface area contributed by atoms with Crippen LogP contribution in [-0.2, 0) is 56.0 Å².